The van der Waals surface area contributed by atoms with Gasteiger partial charge in [0, 0.05) is 29.9 Å². The van der Waals surface area contributed by atoms with E-state index in [1.54, 1.807) is 0 Å². The lowest BCUT2D eigenvalue weighted by atomic mass is 10.0. The molecule has 4 nitrogen and oxygen atoms in total. The third-order valence-electron chi connectivity index (χ3n) is 3.94. The molecule has 0 aromatic heterocycles. The smallest absolute Gasteiger partial charge is 0.262 e. The highest BCUT2D eigenvalue weighted by atomic mass is 79.9. The lowest BCUT2D eigenvalue weighted by molar-refractivity contribution is -0.118. The molecule has 1 N–H and O–H groups in total. The van der Waals surface area contributed by atoms with Gasteiger partial charge in [0.2, 0.25) is 0 Å². The fraction of sp³-hybridized carbons (Fsp3) is 0.350. The molecule has 0 atom stereocenters. The van der Waals surface area contributed by atoms with Crippen LogP contribution in [-0.2, 0) is 4.79 Å². The van der Waals surface area contributed by atoms with Gasteiger partial charge >= 0.3 is 0 Å². The van der Waals surface area contributed by atoms with Gasteiger partial charge in [-0.2, -0.15) is 0 Å². The number of carbonyl (C=O) groups is 1. The van der Waals surface area contributed by atoms with Crippen LogP contribution in [0.25, 0.3) is 0 Å². The van der Waals surface area contributed by atoms with E-state index in [1.807, 2.05) is 56.3 Å². The van der Waals surface area contributed by atoms with Crippen LogP contribution in [0.3, 0.4) is 0 Å². The van der Waals surface area contributed by atoms with Crippen LogP contribution in [0.4, 0.5) is 11.4 Å². The number of rotatable bonds is 6. The minimum Gasteiger partial charge on any atom is -0.483 e. The largest absolute Gasteiger partial charge is 0.483 e. The van der Waals surface area contributed by atoms with Gasteiger partial charge in [0.25, 0.3) is 5.91 Å². The van der Waals surface area contributed by atoms with E-state index in [0.29, 0.717) is 5.92 Å². The van der Waals surface area contributed by atoms with E-state index in [-0.39, 0.29) is 12.5 Å². The van der Waals surface area contributed by atoms with E-state index < -0.39 is 0 Å². The summed E-state index contributed by atoms with van der Waals surface area (Å²) in [5, 5.41) is 2.86. The van der Waals surface area contributed by atoms with Crippen molar-refractivity contribution in [3.8, 4) is 5.75 Å². The van der Waals surface area contributed by atoms with Gasteiger partial charge in [-0.15, -0.1) is 0 Å². The Morgan fingerprint density at radius 1 is 1.20 bits per heavy atom. The Bertz CT molecular complexity index is 740. The van der Waals surface area contributed by atoms with Crippen LogP contribution in [0.1, 0.15) is 30.9 Å². The van der Waals surface area contributed by atoms with Gasteiger partial charge in [-0.25, -0.2) is 0 Å². The first-order valence-corrected chi connectivity index (χ1v) is 9.07. The zero-order valence-corrected chi connectivity index (χ0v) is 17.0. The third-order valence-corrected chi connectivity index (χ3v) is 4.79. The number of benzene rings is 2. The van der Waals surface area contributed by atoms with Crippen LogP contribution < -0.4 is 15.0 Å². The molecule has 0 aliphatic rings. The van der Waals surface area contributed by atoms with Crippen LogP contribution in [0, 0.1) is 6.92 Å². The first-order valence-electron chi connectivity index (χ1n) is 8.28. The van der Waals surface area contributed by atoms with E-state index in [9.17, 15) is 4.79 Å². The molecule has 2 aromatic carbocycles. The Morgan fingerprint density at radius 3 is 2.40 bits per heavy atom. The second-order valence-corrected chi connectivity index (χ2v) is 7.43. The molecule has 1 amide bonds. The summed E-state index contributed by atoms with van der Waals surface area (Å²) in [5.41, 5.74) is 4.01. The topological polar surface area (TPSA) is 41.6 Å². The summed E-state index contributed by atoms with van der Waals surface area (Å²) in [7, 11) is 3.96. The molecule has 2 aromatic rings. The molecule has 5 heteroatoms. The number of nitrogens with one attached hydrogen (secondary N) is 1. The molecule has 0 saturated carbocycles. The second kappa shape index (κ2) is 8.39. The zero-order chi connectivity index (χ0) is 18.6. The lowest BCUT2D eigenvalue weighted by Gasteiger charge is -2.16. The lowest BCUT2D eigenvalue weighted by Crippen LogP contribution is -2.20. The standard InChI is InChI=1S/C20H25BrN2O2/c1-13(2)17-11-18(21)14(3)10-19(17)25-12-20(24)22-15-6-8-16(9-7-15)23(4)5/h6-11,13H,12H2,1-5H3,(H,22,24). The summed E-state index contributed by atoms with van der Waals surface area (Å²) in [6.07, 6.45) is 0. The molecule has 2 rings (SSSR count). The molecule has 0 saturated heterocycles. The number of hydrogen-bond donors (Lipinski definition) is 1. The Kier molecular flexibility index (Phi) is 6.48. The molecule has 0 bridgehead atoms. The highest BCUT2D eigenvalue weighted by Crippen LogP contribution is 2.32. The number of hydrogen-bond acceptors (Lipinski definition) is 3. The Balaban J connectivity index is 2.01. The molecule has 0 spiro atoms. The molecule has 134 valence electrons. The summed E-state index contributed by atoms with van der Waals surface area (Å²) >= 11 is 3.55. The van der Waals surface area contributed by atoms with Crippen molar-refractivity contribution in [1.82, 2.24) is 0 Å². The molecule has 25 heavy (non-hydrogen) atoms. The average molecular weight is 405 g/mol. The highest BCUT2D eigenvalue weighted by molar-refractivity contribution is 9.10. The van der Waals surface area contributed by atoms with E-state index in [2.05, 4.69) is 41.2 Å². The van der Waals surface area contributed by atoms with Gasteiger partial charge in [0.15, 0.2) is 6.61 Å². The number of ether oxygens (including phenoxy) is 1. The number of carbonyl (C=O) groups excluding carboxylic acids is 1. The van der Waals surface area contributed by atoms with Crippen molar-refractivity contribution in [2.75, 3.05) is 30.9 Å². The van der Waals surface area contributed by atoms with Crippen molar-refractivity contribution < 1.29 is 9.53 Å². The van der Waals surface area contributed by atoms with Gasteiger partial charge in [-0.05, 0) is 60.4 Å². The zero-order valence-electron chi connectivity index (χ0n) is 15.4. The fourth-order valence-corrected chi connectivity index (χ4v) is 2.79. The van der Waals surface area contributed by atoms with Gasteiger partial charge in [-0.1, -0.05) is 29.8 Å². The fourth-order valence-electron chi connectivity index (χ4n) is 2.43. The van der Waals surface area contributed by atoms with Gasteiger partial charge in [0.1, 0.15) is 5.75 Å². The van der Waals surface area contributed by atoms with Crippen molar-refractivity contribution in [1.29, 1.82) is 0 Å². The average Bonchev–Trinajstić information content (AvgIpc) is 2.55. The van der Waals surface area contributed by atoms with Crippen molar-refractivity contribution in [3.63, 3.8) is 0 Å². The van der Waals surface area contributed by atoms with Gasteiger partial charge < -0.3 is 15.0 Å². The molecular formula is C20H25BrN2O2. The number of nitrogens with zero attached hydrogens (tertiary/aromatic N) is 1. The molecular weight excluding hydrogens is 380 g/mol. The Hall–Kier alpha value is -2.01. The van der Waals surface area contributed by atoms with Crippen LogP contribution in [0.15, 0.2) is 40.9 Å². The molecule has 0 radical (unpaired) electrons. The van der Waals surface area contributed by atoms with E-state index in [4.69, 9.17) is 4.74 Å². The summed E-state index contributed by atoms with van der Waals surface area (Å²) in [4.78, 5) is 14.2. The van der Waals surface area contributed by atoms with E-state index >= 15 is 0 Å². The van der Waals surface area contributed by atoms with Crippen molar-refractivity contribution in [3.05, 3.63) is 52.0 Å². The second-order valence-electron chi connectivity index (χ2n) is 6.57. The van der Waals surface area contributed by atoms with Gasteiger partial charge in [0.05, 0.1) is 0 Å². The first kappa shape index (κ1) is 19.3. The molecule has 0 unspecified atom stereocenters. The molecule has 0 aliphatic carbocycles. The number of halogens is 1. The summed E-state index contributed by atoms with van der Waals surface area (Å²) in [6, 6.07) is 11.7. The number of aryl methyl sites for hydroxylation is 1. The SMILES string of the molecule is Cc1cc(OCC(=O)Nc2ccc(N(C)C)cc2)c(C(C)C)cc1Br. The van der Waals surface area contributed by atoms with Crippen molar-refractivity contribution in [2.45, 2.75) is 26.7 Å². The summed E-state index contributed by atoms with van der Waals surface area (Å²) in [6.45, 7) is 6.20. The van der Waals surface area contributed by atoms with Crippen LogP contribution in [-0.4, -0.2) is 26.6 Å². The normalized spacial score (nSPS) is 10.7. The van der Waals surface area contributed by atoms with Crippen LogP contribution in [0.2, 0.25) is 0 Å². The van der Waals surface area contributed by atoms with Crippen molar-refractivity contribution >= 4 is 33.2 Å². The van der Waals surface area contributed by atoms with Crippen LogP contribution >= 0.6 is 15.9 Å². The summed E-state index contributed by atoms with van der Waals surface area (Å²) in [5.74, 6) is 0.898. The maximum absolute atomic E-state index is 12.2. The minimum atomic E-state index is -0.173. The molecule has 0 heterocycles. The first-order chi connectivity index (χ1) is 11.8. The van der Waals surface area contributed by atoms with Gasteiger partial charge in [-0.3, -0.25) is 4.79 Å². The van der Waals surface area contributed by atoms with E-state index in [0.717, 1.165) is 32.7 Å². The quantitative estimate of drug-likeness (QED) is 0.738. The number of amides is 1. The monoisotopic (exact) mass is 404 g/mol. The van der Waals surface area contributed by atoms with Crippen LogP contribution in [0.5, 0.6) is 5.75 Å². The summed E-state index contributed by atoms with van der Waals surface area (Å²) < 4.78 is 6.84. The predicted molar refractivity (Wildman–Crippen MR) is 108 cm³/mol. The number of anilines is 2. The maximum atomic E-state index is 12.2. The van der Waals surface area contributed by atoms with Crippen molar-refractivity contribution in [2.24, 2.45) is 0 Å². The predicted octanol–water partition coefficient (Wildman–Crippen LogP) is 4.96. The Labute approximate surface area is 158 Å². The third kappa shape index (κ3) is 5.23. The highest BCUT2D eigenvalue weighted by Gasteiger charge is 2.12. The molecule has 0 aliphatic heterocycles. The van der Waals surface area contributed by atoms with E-state index in [1.165, 1.54) is 0 Å². The minimum absolute atomic E-state index is 0.0176. The maximum Gasteiger partial charge on any atom is 0.262 e. The Morgan fingerprint density at radius 2 is 1.84 bits per heavy atom. The molecule has 0 fully saturated rings.